The Balaban J connectivity index is 1.48. The zero-order chi connectivity index (χ0) is 20.5. The largest absolute Gasteiger partial charge is 0.468 e. The zero-order valence-electron chi connectivity index (χ0n) is 18.4. The number of rotatable bonds is 9. The molecule has 3 unspecified atom stereocenters. The first kappa shape index (κ1) is 22.1. The predicted molar refractivity (Wildman–Crippen MR) is 117 cm³/mol. The van der Waals surface area contributed by atoms with Gasteiger partial charge in [-0.15, -0.1) is 0 Å². The minimum Gasteiger partial charge on any atom is -0.468 e. The van der Waals surface area contributed by atoms with E-state index in [-0.39, 0.29) is 6.04 Å². The third-order valence-corrected chi connectivity index (χ3v) is 5.66. The lowest BCUT2D eigenvalue weighted by molar-refractivity contribution is -0.0679. The van der Waals surface area contributed by atoms with E-state index in [1.165, 1.54) is 12.8 Å². The second-order valence-electron chi connectivity index (χ2n) is 8.29. The Labute approximate surface area is 175 Å². The second-order valence-corrected chi connectivity index (χ2v) is 8.29. The molecule has 0 spiro atoms. The molecule has 164 valence electrons. The molecule has 1 aromatic rings. The summed E-state index contributed by atoms with van der Waals surface area (Å²) in [6, 6.07) is 4.27. The van der Waals surface area contributed by atoms with Crippen molar-refractivity contribution in [2.24, 2.45) is 4.99 Å². The summed E-state index contributed by atoms with van der Waals surface area (Å²) in [6.07, 6.45) is 6.04. The highest BCUT2D eigenvalue weighted by Gasteiger charge is 2.25. The number of likely N-dealkylation sites (tertiary alicyclic amines) is 1. The van der Waals surface area contributed by atoms with Crippen LogP contribution in [0.4, 0.5) is 0 Å². The number of hydrogen-bond donors (Lipinski definition) is 2. The van der Waals surface area contributed by atoms with Crippen LogP contribution in [-0.2, 0) is 4.74 Å². The van der Waals surface area contributed by atoms with Gasteiger partial charge in [0.15, 0.2) is 5.96 Å². The van der Waals surface area contributed by atoms with E-state index < -0.39 is 0 Å². The molecule has 0 saturated carbocycles. The standard InChI is InChI=1S/C22H39N5O2/c1-4-23-22(24-10-8-11-26-16-18(2)29-19(3)17-26)25-15-20(21-9-7-14-28-21)27-12-5-6-13-27/h7,9,14,18-20H,4-6,8,10-13,15-17H2,1-3H3,(H2,23,24,25). The van der Waals surface area contributed by atoms with Gasteiger partial charge in [-0.25, -0.2) is 0 Å². The molecular weight excluding hydrogens is 366 g/mol. The molecule has 29 heavy (non-hydrogen) atoms. The SMILES string of the molecule is CCNC(=NCC(c1ccco1)N1CCCC1)NCCCN1CC(C)OC(C)C1. The number of hydrogen-bond acceptors (Lipinski definition) is 5. The van der Waals surface area contributed by atoms with Crippen LogP contribution in [0.2, 0.25) is 0 Å². The average molecular weight is 406 g/mol. The van der Waals surface area contributed by atoms with E-state index in [0.29, 0.717) is 18.8 Å². The normalized spacial score (nSPS) is 25.3. The van der Waals surface area contributed by atoms with Crippen molar-refractivity contribution in [2.45, 2.75) is 58.3 Å². The number of nitrogens with one attached hydrogen (secondary N) is 2. The van der Waals surface area contributed by atoms with Gasteiger partial charge in [-0.05, 0) is 65.3 Å². The number of guanidine groups is 1. The van der Waals surface area contributed by atoms with Crippen molar-refractivity contribution >= 4 is 5.96 Å². The number of aliphatic imine (C=N–C) groups is 1. The van der Waals surface area contributed by atoms with Gasteiger partial charge in [0.2, 0.25) is 0 Å². The molecule has 0 aromatic carbocycles. The van der Waals surface area contributed by atoms with Gasteiger partial charge in [-0.2, -0.15) is 0 Å². The van der Waals surface area contributed by atoms with Crippen molar-refractivity contribution in [3.05, 3.63) is 24.2 Å². The summed E-state index contributed by atoms with van der Waals surface area (Å²) in [5, 5.41) is 6.89. The molecule has 7 nitrogen and oxygen atoms in total. The zero-order valence-corrected chi connectivity index (χ0v) is 18.4. The third-order valence-electron chi connectivity index (χ3n) is 5.66. The van der Waals surface area contributed by atoms with Crippen molar-refractivity contribution in [1.29, 1.82) is 0 Å². The van der Waals surface area contributed by atoms with E-state index in [9.17, 15) is 0 Å². The lowest BCUT2D eigenvalue weighted by Crippen LogP contribution is -2.46. The molecule has 0 radical (unpaired) electrons. The quantitative estimate of drug-likeness (QED) is 0.374. The van der Waals surface area contributed by atoms with Crippen LogP contribution in [0.1, 0.15) is 51.8 Å². The summed E-state index contributed by atoms with van der Waals surface area (Å²) in [7, 11) is 0. The maximum atomic E-state index is 5.82. The van der Waals surface area contributed by atoms with Crippen LogP contribution in [0.15, 0.2) is 27.8 Å². The van der Waals surface area contributed by atoms with Gasteiger partial charge in [0.05, 0.1) is 31.1 Å². The molecule has 0 bridgehead atoms. The molecule has 3 atom stereocenters. The van der Waals surface area contributed by atoms with E-state index in [1.807, 2.05) is 6.07 Å². The maximum Gasteiger partial charge on any atom is 0.191 e. The molecule has 2 fully saturated rings. The molecule has 2 aliphatic rings. The van der Waals surface area contributed by atoms with Crippen molar-refractivity contribution in [2.75, 3.05) is 52.4 Å². The Morgan fingerprint density at radius 1 is 1.21 bits per heavy atom. The summed E-state index contributed by atoms with van der Waals surface area (Å²) >= 11 is 0. The van der Waals surface area contributed by atoms with E-state index in [0.717, 1.165) is 64.0 Å². The number of furan rings is 1. The molecule has 1 aromatic heterocycles. The summed E-state index contributed by atoms with van der Waals surface area (Å²) in [4.78, 5) is 9.88. The summed E-state index contributed by atoms with van der Waals surface area (Å²) in [5.41, 5.74) is 0. The lowest BCUT2D eigenvalue weighted by atomic mass is 10.2. The minimum absolute atomic E-state index is 0.222. The highest BCUT2D eigenvalue weighted by molar-refractivity contribution is 5.79. The molecule has 0 amide bonds. The van der Waals surface area contributed by atoms with Crippen molar-refractivity contribution in [3.8, 4) is 0 Å². The van der Waals surface area contributed by atoms with Crippen LogP contribution in [0, 0.1) is 0 Å². The monoisotopic (exact) mass is 405 g/mol. The summed E-state index contributed by atoms with van der Waals surface area (Å²) in [6.45, 7) is 14.3. The predicted octanol–water partition coefficient (Wildman–Crippen LogP) is 2.47. The Morgan fingerprint density at radius 2 is 1.97 bits per heavy atom. The fourth-order valence-corrected chi connectivity index (χ4v) is 4.42. The molecule has 7 heteroatoms. The first-order valence-electron chi connectivity index (χ1n) is 11.3. The van der Waals surface area contributed by atoms with Gasteiger partial charge in [0.1, 0.15) is 5.76 Å². The van der Waals surface area contributed by atoms with E-state index in [2.05, 4.69) is 47.3 Å². The van der Waals surface area contributed by atoms with Crippen LogP contribution in [-0.4, -0.2) is 80.3 Å². The Hall–Kier alpha value is -1.57. The topological polar surface area (TPSA) is 65.3 Å². The summed E-state index contributed by atoms with van der Waals surface area (Å²) < 4.78 is 11.5. The average Bonchev–Trinajstić information content (AvgIpc) is 3.39. The number of nitrogens with zero attached hydrogens (tertiary/aromatic N) is 3. The van der Waals surface area contributed by atoms with Crippen LogP contribution in [0.5, 0.6) is 0 Å². The fraction of sp³-hybridized carbons (Fsp3) is 0.773. The van der Waals surface area contributed by atoms with Crippen LogP contribution in [0.25, 0.3) is 0 Å². The molecule has 0 aliphatic carbocycles. The van der Waals surface area contributed by atoms with Gasteiger partial charge in [0, 0.05) is 32.7 Å². The minimum atomic E-state index is 0.222. The molecule has 2 aliphatic heterocycles. The summed E-state index contributed by atoms with van der Waals surface area (Å²) in [5.74, 6) is 1.91. The second kappa shape index (κ2) is 11.6. The number of ether oxygens (including phenoxy) is 1. The van der Waals surface area contributed by atoms with Crippen LogP contribution >= 0.6 is 0 Å². The molecular formula is C22H39N5O2. The highest BCUT2D eigenvalue weighted by Crippen LogP contribution is 2.25. The van der Waals surface area contributed by atoms with Gasteiger partial charge >= 0.3 is 0 Å². The highest BCUT2D eigenvalue weighted by atomic mass is 16.5. The van der Waals surface area contributed by atoms with Crippen molar-refractivity contribution in [1.82, 2.24) is 20.4 Å². The van der Waals surface area contributed by atoms with Crippen molar-refractivity contribution in [3.63, 3.8) is 0 Å². The Kier molecular flexibility index (Phi) is 8.83. The van der Waals surface area contributed by atoms with E-state index >= 15 is 0 Å². The maximum absolute atomic E-state index is 5.82. The van der Waals surface area contributed by atoms with Crippen molar-refractivity contribution < 1.29 is 9.15 Å². The van der Waals surface area contributed by atoms with Gasteiger partial charge < -0.3 is 19.8 Å². The molecule has 2 N–H and O–H groups in total. The molecule has 3 heterocycles. The fourth-order valence-electron chi connectivity index (χ4n) is 4.42. The first-order chi connectivity index (χ1) is 14.2. The van der Waals surface area contributed by atoms with Gasteiger partial charge in [0.25, 0.3) is 0 Å². The van der Waals surface area contributed by atoms with E-state index in [4.69, 9.17) is 14.1 Å². The molecule has 3 rings (SSSR count). The third kappa shape index (κ3) is 7.01. The van der Waals surface area contributed by atoms with Crippen LogP contribution < -0.4 is 10.6 Å². The Bertz CT molecular complexity index is 590. The molecule has 2 saturated heterocycles. The lowest BCUT2D eigenvalue weighted by Gasteiger charge is -2.35. The first-order valence-corrected chi connectivity index (χ1v) is 11.3. The van der Waals surface area contributed by atoms with Crippen LogP contribution in [0.3, 0.4) is 0 Å². The Morgan fingerprint density at radius 3 is 2.62 bits per heavy atom. The van der Waals surface area contributed by atoms with Gasteiger partial charge in [-0.3, -0.25) is 14.8 Å². The van der Waals surface area contributed by atoms with Gasteiger partial charge in [-0.1, -0.05) is 0 Å². The number of morpholine rings is 1. The van der Waals surface area contributed by atoms with E-state index in [1.54, 1.807) is 6.26 Å². The smallest absolute Gasteiger partial charge is 0.191 e.